The number of nitrogens with zero attached hydrogens (tertiary/aromatic N) is 1. The van der Waals surface area contributed by atoms with Crippen LogP contribution in [0, 0.1) is 5.92 Å². The zero-order chi connectivity index (χ0) is 14.5. The van der Waals surface area contributed by atoms with E-state index in [1.807, 2.05) is 31.2 Å². The minimum Gasteiger partial charge on any atom is -0.391 e. The smallest absolute Gasteiger partial charge is 0.232 e. The Bertz CT molecular complexity index is 452. The lowest BCUT2D eigenvalue weighted by molar-refractivity contribution is -0.132. The van der Waals surface area contributed by atoms with Crippen molar-refractivity contribution in [3.63, 3.8) is 0 Å². The number of piperidine rings is 1. The molecule has 0 bridgehead atoms. The first-order valence-corrected chi connectivity index (χ1v) is 8.37. The number of β-amino-alcohol motifs (C(OH)–C–C–N with tert-alkyl or cyclic N) is 1. The first kappa shape index (κ1) is 15.7. The van der Waals surface area contributed by atoms with Gasteiger partial charge in [-0.1, -0.05) is 30.7 Å². The van der Waals surface area contributed by atoms with Gasteiger partial charge in [-0.05, 0) is 30.0 Å². The molecule has 1 N–H and O–H groups in total. The molecule has 1 fully saturated rings. The van der Waals surface area contributed by atoms with Crippen molar-refractivity contribution < 1.29 is 9.90 Å². The highest BCUT2D eigenvalue weighted by Crippen LogP contribution is 2.19. The lowest BCUT2D eigenvalue weighted by Gasteiger charge is -2.34. The van der Waals surface area contributed by atoms with Gasteiger partial charge in [-0.2, -0.15) is 0 Å². The third kappa shape index (κ3) is 4.40. The molecule has 1 saturated heterocycles. The Kier molecular flexibility index (Phi) is 5.75. The zero-order valence-electron chi connectivity index (χ0n) is 11.6. The fourth-order valence-corrected chi connectivity index (χ4v) is 3.22. The highest BCUT2D eigenvalue weighted by molar-refractivity contribution is 7.99. The number of carbonyl (C=O) groups is 1. The van der Waals surface area contributed by atoms with Gasteiger partial charge in [-0.15, -0.1) is 11.8 Å². The maximum absolute atomic E-state index is 12.1. The summed E-state index contributed by atoms with van der Waals surface area (Å²) in [7, 11) is 0. The van der Waals surface area contributed by atoms with Crippen molar-refractivity contribution >= 4 is 29.3 Å². The van der Waals surface area contributed by atoms with Crippen LogP contribution in [-0.2, 0) is 10.5 Å². The Balaban J connectivity index is 1.74. The second kappa shape index (κ2) is 7.34. The van der Waals surface area contributed by atoms with Gasteiger partial charge in [0.2, 0.25) is 5.91 Å². The Morgan fingerprint density at radius 3 is 2.80 bits per heavy atom. The van der Waals surface area contributed by atoms with Crippen LogP contribution in [0.15, 0.2) is 24.3 Å². The highest BCUT2D eigenvalue weighted by Gasteiger charge is 2.26. The Labute approximate surface area is 129 Å². The Morgan fingerprint density at radius 2 is 2.15 bits per heavy atom. The van der Waals surface area contributed by atoms with Gasteiger partial charge in [0.1, 0.15) is 0 Å². The number of thioether (sulfide) groups is 1. The SMILES string of the molecule is CC1CCN(C(=O)CSCc2ccc(Cl)cc2)CC1O. The van der Waals surface area contributed by atoms with E-state index in [0.717, 1.165) is 23.7 Å². The summed E-state index contributed by atoms with van der Waals surface area (Å²) < 4.78 is 0. The van der Waals surface area contributed by atoms with Gasteiger partial charge >= 0.3 is 0 Å². The zero-order valence-corrected chi connectivity index (χ0v) is 13.2. The van der Waals surface area contributed by atoms with Crippen LogP contribution in [0.1, 0.15) is 18.9 Å². The van der Waals surface area contributed by atoms with Crippen LogP contribution in [0.5, 0.6) is 0 Å². The van der Waals surface area contributed by atoms with Crippen molar-refractivity contribution in [2.75, 3.05) is 18.8 Å². The van der Waals surface area contributed by atoms with Gasteiger partial charge < -0.3 is 10.0 Å². The van der Waals surface area contributed by atoms with E-state index < -0.39 is 0 Å². The average molecular weight is 314 g/mol. The van der Waals surface area contributed by atoms with Crippen LogP contribution in [0.25, 0.3) is 0 Å². The molecule has 5 heteroatoms. The highest BCUT2D eigenvalue weighted by atomic mass is 35.5. The second-order valence-electron chi connectivity index (χ2n) is 5.29. The molecule has 2 unspecified atom stereocenters. The molecule has 1 aromatic carbocycles. The maximum Gasteiger partial charge on any atom is 0.232 e. The number of aliphatic hydroxyl groups is 1. The van der Waals surface area contributed by atoms with E-state index in [9.17, 15) is 9.90 Å². The van der Waals surface area contributed by atoms with E-state index in [0.29, 0.717) is 18.2 Å². The summed E-state index contributed by atoms with van der Waals surface area (Å²) in [5, 5.41) is 10.5. The minimum atomic E-state index is -0.381. The van der Waals surface area contributed by atoms with Crippen molar-refractivity contribution in [3.8, 4) is 0 Å². The molecule has 0 aromatic heterocycles. The largest absolute Gasteiger partial charge is 0.391 e. The van der Waals surface area contributed by atoms with Gasteiger partial charge in [-0.25, -0.2) is 0 Å². The van der Waals surface area contributed by atoms with Gasteiger partial charge in [0, 0.05) is 23.9 Å². The molecular weight excluding hydrogens is 294 g/mol. The fraction of sp³-hybridized carbons (Fsp3) is 0.533. The molecule has 1 aliphatic rings. The molecule has 0 radical (unpaired) electrons. The second-order valence-corrected chi connectivity index (χ2v) is 6.71. The van der Waals surface area contributed by atoms with Crippen LogP contribution < -0.4 is 0 Å². The maximum atomic E-state index is 12.1. The molecule has 0 aliphatic carbocycles. The minimum absolute atomic E-state index is 0.120. The van der Waals surface area contributed by atoms with Crippen molar-refractivity contribution in [2.24, 2.45) is 5.92 Å². The van der Waals surface area contributed by atoms with E-state index in [1.165, 1.54) is 5.56 Å². The molecule has 1 aromatic rings. The molecule has 3 nitrogen and oxygen atoms in total. The molecule has 1 heterocycles. The Hall–Kier alpha value is -0.710. The number of hydrogen-bond donors (Lipinski definition) is 1. The Morgan fingerprint density at radius 1 is 1.45 bits per heavy atom. The summed E-state index contributed by atoms with van der Waals surface area (Å²) in [5.41, 5.74) is 1.17. The average Bonchev–Trinajstić information content (AvgIpc) is 2.44. The van der Waals surface area contributed by atoms with Crippen molar-refractivity contribution in [3.05, 3.63) is 34.9 Å². The van der Waals surface area contributed by atoms with Gasteiger partial charge in [0.05, 0.1) is 11.9 Å². The van der Waals surface area contributed by atoms with Gasteiger partial charge in [0.25, 0.3) is 0 Å². The van der Waals surface area contributed by atoms with E-state index in [4.69, 9.17) is 11.6 Å². The lowest BCUT2D eigenvalue weighted by Crippen LogP contribution is -2.46. The van der Waals surface area contributed by atoms with Crippen molar-refractivity contribution in [1.82, 2.24) is 4.90 Å². The number of amides is 1. The summed E-state index contributed by atoms with van der Waals surface area (Å²) >= 11 is 7.43. The molecule has 0 saturated carbocycles. The summed E-state index contributed by atoms with van der Waals surface area (Å²) in [4.78, 5) is 13.8. The van der Waals surface area contributed by atoms with E-state index >= 15 is 0 Å². The number of carbonyl (C=O) groups excluding carboxylic acids is 1. The molecule has 2 atom stereocenters. The number of benzene rings is 1. The number of rotatable bonds is 4. The fourth-order valence-electron chi connectivity index (χ4n) is 2.20. The molecule has 20 heavy (non-hydrogen) atoms. The predicted octanol–water partition coefficient (Wildman–Crippen LogP) is 2.80. The molecular formula is C15H20ClNO2S. The number of hydrogen-bond acceptors (Lipinski definition) is 3. The predicted molar refractivity (Wildman–Crippen MR) is 84.0 cm³/mol. The third-order valence-corrected chi connectivity index (χ3v) is 4.92. The van der Waals surface area contributed by atoms with Crippen LogP contribution in [0.4, 0.5) is 0 Å². The molecule has 0 spiro atoms. The summed E-state index contributed by atoms with van der Waals surface area (Å²) in [6.45, 7) is 3.27. The van der Waals surface area contributed by atoms with Gasteiger partial charge in [-0.3, -0.25) is 4.79 Å². The normalized spacial score (nSPS) is 22.9. The lowest BCUT2D eigenvalue weighted by atomic mass is 9.96. The van der Waals surface area contributed by atoms with E-state index in [2.05, 4.69) is 0 Å². The first-order valence-electron chi connectivity index (χ1n) is 6.84. The quantitative estimate of drug-likeness (QED) is 0.929. The van der Waals surface area contributed by atoms with Crippen LogP contribution in [0.2, 0.25) is 5.02 Å². The molecule has 2 rings (SSSR count). The van der Waals surface area contributed by atoms with Crippen LogP contribution in [-0.4, -0.2) is 40.9 Å². The number of likely N-dealkylation sites (tertiary alicyclic amines) is 1. The topological polar surface area (TPSA) is 40.5 Å². The standard InChI is InChI=1S/C15H20ClNO2S/c1-11-6-7-17(8-14(11)18)15(19)10-20-9-12-2-4-13(16)5-3-12/h2-5,11,14,18H,6-10H2,1H3. The van der Waals surface area contributed by atoms with Gasteiger partial charge in [0.15, 0.2) is 0 Å². The number of halogens is 1. The van der Waals surface area contributed by atoms with Crippen molar-refractivity contribution in [2.45, 2.75) is 25.2 Å². The van der Waals surface area contributed by atoms with Crippen molar-refractivity contribution in [1.29, 1.82) is 0 Å². The number of aliphatic hydroxyl groups excluding tert-OH is 1. The van der Waals surface area contributed by atoms with Crippen LogP contribution >= 0.6 is 23.4 Å². The molecule has 110 valence electrons. The third-order valence-electron chi connectivity index (χ3n) is 3.68. The molecule has 1 aliphatic heterocycles. The summed E-state index contributed by atoms with van der Waals surface area (Å²) in [6.07, 6.45) is 0.503. The summed E-state index contributed by atoms with van der Waals surface area (Å²) in [5.74, 6) is 1.68. The van der Waals surface area contributed by atoms with Crippen LogP contribution in [0.3, 0.4) is 0 Å². The molecule has 1 amide bonds. The monoisotopic (exact) mass is 313 g/mol. The van der Waals surface area contributed by atoms with E-state index in [-0.39, 0.29) is 12.0 Å². The summed E-state index contributed by atoms with van der Waals surface area (Å²) in [6, 6.07) is 7.68. The van der Waals surface area contributed by atoms with E-state index in [1.54, 1.807) is 16.7 Å². The first-order chi connectivity index (χ1) is 9.56.